The highest BCUT2D eigenvalue weighted by Crippen LogP contribution is 2.53. The van der Waals surface area contributed by atoms with Gasteiger partial charge in [-0.15, -0.1) is 0 Å². The number of hydrogen-bond acceptors (Lipinski definition) is 2. The molecule has 2 aliphatic rings. The molecule has 0 aromatic heterocycles. The molecule has 2 rings (SSSR count). The van der Waals surface area contributed by atoms with E-state index in [9.17, 15) is 10.2 Å². The van der Waals surface area contributed by atoms with Crippen LogP contribution in [0.5, 0.6) is 0 Å². The summed E-state index contributed by atoms with van der Waals surface area (Å²) in [5, 5.41) is 24.5. The van der Waals surface area contributed by atoms with Crippen LogP contribution in [0.15, 0.2) is 47.6 Å². The lowest BCUT2D eigenvalue weighted by Gasteiger charge is -2.55. The van der Waals surface area contributed by atoms with E-state index in [0.29, 0.717) is 0 Å². The lowest BCUT2D eigenvalue weighted by Crippen LogP contribution is -2.61. The van der Waals surface area contributed by atoms with Gasteiger partial charge in [-0.25, -0.2) is 0 Å². The molecule has 28 heavy (non-hydrogen) atoms. The zero-order valence-corrected chi connectivity index (χ0v) is 19.5. The molecule has 4 atom stereocenters. The molecule has 2 aliphatic carbocycles. The highest BCUT2D eigenvalue weighted by molar-refractivity contribution is 5.37. The number of allylic oxidation sites excluding steroid dienone is 4. The number of hydrogen-bond donors (Lipinski definition) is 2. The Balaban J connectivity index is 2.71. The molecule has 2 N–H and O–H groups in total. The van der Waals surface area contributed by atoms with E-state index in [0.717, 1.165) is 24.0 Å². The van der Waals surface area contributed by atoms with Crippen LogP contribution in [0.3, 0.4) is 0 Å². The fraction of sp³-hybridized carbons (Fsp3) is 0.692. The van der Waals surface area contributed by atoms with Gasteiger partial charge in [0.15, 0.2) is 0 Å². The Kier molecular flexibility index (Phi) is 6.30. The van der Waals surface area contributed by atoms with E-state index in [4.69, 9.17) is 0 Å². The van der Waals surface area contributed by atoms with Gasteiger partial charge in [0.2, 0.25) is 0 Å². The smallest absolute Gasteiger partial charge is 0.0959 e. The average Bonchev–Trinajstić information content (AvgIpc) is 2.49. The van der Waals surface area contributed by atoms with Crippen molar-refractivity contribution in [2.45, 2.75) is 86.4 Å². The first-order valence-corrected chi connectivity index (χ1v) is 10.9. The van der Waals surface area contributed by atoms with E-state index < -0.39 is 11.2 Å². The Morgan fingerprint density at radius 3 is 1.46 bits per heavy atom. The molecule has 0 saturated heterocycles. The minimum atomic E-state index is -1.10. The fourth-order valence-electron chi connectivity index (χ4n) is 5.53. The molecule has 0 fully saturated rings. The lowest BCUT2D eigenvalue weighted by atomic mass is 9.54. The molecule has 2 heteroatoms. The molecule has 0 bridgehead atoms. The monoisotopic (exact) mass is 386 g/mol. The Hall–Kier alpha value is -1.12. The van der Waals surface area contributed by atoms with Gasteiger partial charge >= 0.3 is 0 Å². The third-order valence-electron chi connectivity index (χ3n) is 6.58. The molecule has 0 amide bonds. The van der Waals surface area contributed by atoms with Gasteiger partial charge in [0.05, 0.1) is 11.2 Å². The summed E-state index contributed by atoms with van der Waals surface area (Å²) < 4.78 is 0. The number of aliphatic hydroxyl groups is 2. The van der Waals surface area contributed by atoms with E-state index in [1.165, 1.54) is 0 Å². The molecule has 0 heterocycles. The van der Waals surface area contributed by atoms with Crippen molar-refractivity contribution in [1.29, 1.82) is 0 Å². The SMILES string of the molecule is CCCC(C1(O)C=C(C)C=CC1C(C)(C)C)C1(O)C=C(C)C=CC1C(C)(C)C. The van der Waals surface area contributed by atoms with Crippen LogP contribution in [0.25, 0.3) is 0 Å². The van der Waals surface area contributed by atoms with E-state index in [1.54, 1.807) is 0 Å². The predicted molar refractivity (Wildman–Crippen MR) is 120 cm³/mol. The molecule has 0 saturated carbocycles. The molecule has 158 valence electrons. The van der Waals surface area contributed by atoms with Crippen molar-refractivity contribution in [1.82, 2.24) is 0 Å². The largest absolute Gasteiger partial charge is 0.385 e. The average molecular weight is 387 g/mol. The van der Waals surface area contributed by atoms with Gasteiger partial charge in [0.25, 0.3) is 0 Å². The maximum Gasteiger partial charge on any atom is 0.0959 e. The van der Waals surface area contributed by atoms with Gasteiger partial charge < -0.3 is 10.2 Å². The molecular formula is C26H42O2. The Morgan fingerprint density at radius 1 is 0.821 bits per heavy atom. The van der Waals surface area contributed by atoms with Crippen LogP contribution in [0.1, 0.15) is 75.2 Å². The van der Waals surface area contributed by atoms with E-state index in [1.807, 2.05) is 26.0 Å². The summed E-state index contributed by atoms with van der Waals surface area (Å²) in [6.45, 7) is 19.3. The Bertz CT molecular complexity index is 637. The van der Waals surface area contributed by atoms with Gasteiger partial charge in [0.1, 0.15) is 0 Å². The normalized spacial score (nSPS) is 34.8. The molecule has 0 aliphatic heterocycles. The van der Waals surface area contributed by atoms with Crippen molar-refractivity contribution >= 4 is 0 Å². The lowest BCUT2D eigenvalue weighted by molar-refractivity contribution is -0.147. The van der Waals surface area contributed by atoms with Crippen LogP contribution >= 0.6 is 0 Å². The first-order valence-electron chi connectivity index (χ1n) is 10.9. The summed E-state index contributed by atoms with van der Waals surface area (Å²) in [5.41, 5.74) is -0.323. The van der Waals surface area contributed by atoms with Crippen LogP contribution < -0.4 is 0 Å². The van der Waals surface area contributed by atoms with Gasteiger partial charge in [-0.2, -0.15) is 0 Å². The Morgan fingerprint density at radius 2 is 1.18 bits per heavy atom. The van der Waals surface area contributed by atoms with Gasteiger partial charge in [-0.05, 0) is 43.3 Å². The molecule has 4 unspecified atom stereocenters. The molecular weight excluding hydrogens is 344 g/mol. The predicted octanol–water partition coefficient (Wildman–Crippen LogP) is 6.22. The first-order chi connectivity index (χ1) is 12.7. The summed E-state index contributed by atoms with van der Waals surface area (Å²) in [6.07, 6.45) is 14.2. The molecule has 0 radical (unpaired) electrons. The third kappa shape index (κ3) is 4.24. The molecule has 0 aromatic carbocycles. The van der Waals surface area contributed by atoms with Crippen molar-refractivity contribution in [2.75, 3.05) is 0 Å². The van der Waals surface area contributed by atoms with Crippen LogP contribution in [0.2, 0.25) is 0 Å². The van der Waals surface area contributed by atoms with Crippen LogP contribution in [0, 0.1) is 28.6 Å². The van der Waals surface area contributed by atoms with E-state index >= 15 is 0 Å². The highest BCUT2D eigenvalue weighted by Gasteiger charge is 2.57. The first kappa shape index (κ1) is 23.2. The zero-order chi connectivity index (χ0) is 21.5. The van der Waals surface area contributed by atoms with Crippen molar-refractivity contribution in [2.24, 2.45) is 28.6 Å². The van der Waals surface area contributed by atoms with Crippen molar-refractivity contribution in [3.05, 3.63) is 47.6 Å². The molecule has 0 spiro atoms. The minimum Gasteiger partial charge on any atom is -0.385 e. The summed E-state index contributed by atoms with van der Waals surface area (Å²) in [5.74, 6) is -0.424. The van der Waals surface area contributed by atoms with Crippen LogP contribution in [-0.4, -0.2) is 21.4 Å². The highest BCUT2D eigenvalue weighted by atomic mass is 16.3. The van der Waals surface area contributed by atoms with Crippen LogP contribution in [0.4, 0.5) is 0 Å². The van der Waals surface area contributed by atoms with Crippen LogP contribution in [-0.2, 0) is 0 Å². The Labute approximate surface area is 173 Å². The minimum absolute atomic E-state index is 0.0653. The second-order valence-corrected chi connectivity index (χ2v) is 11.3. The quantitative estimate of drug-likeness (QED) is 0.602. The van der Waals surface area contributed by atoms with Gasteiger partial charge in [-0.3, -0.25) is 0 Å². The van der Waals surface area contributed by atoms with Crippen molar-refractivity contribution in [3.8, 4) is 0 Å². The summed E-state index contributed by atoms with van der Waals surface area (Å²) in [6, 6.07) is 0. The third-order valence-corrected chi connectivity index (χ3v) is 6.58. The summed E-state index contributed by atoms with van der Waals surface area (Å²) >= 11 is 0. The van der Waals surface area contributed by atoms with Crippen molar-refractivity contribution < 1.29 is 10.2 Å². The maximum atomic E-state index is 12.3. The zero-order valence-electron chi connectivity index (χ0n) is 19.5. The second kappa shape index (κ2) is 7.61. The molecule has 0 aromatic rings. The standard InChI is InChI=1S/C26H42O2/c1-10-11-22(25(27)16-18(2)12-14-20(25)23(4,5)6)26(28)17-19(3)13-15-21(26)24(7,8)9/h12-17,20-22,27-28H,10-11H2,1-9H3. The van der Waals surface area contributed by atoms with Gasteiger partial charge in [0, 0.05) is 17.8 Å². The summed E-state index contributed by atoms with van der Waals surface area (Å²) in [4.78, 5) is 0. The van der Waals surface area contributed by atoms with Crippen molar-refractivity contribution in [3.63, 3.8) is 0 Å². The topological polar surface area (TPSA) is 40.5 Å². The fourth-order valence-corrected chi connectivity index (χ4v) is 5.53. The van der Waals surface area contributed by atoms with Gasteiger partial charge in [-0.1, -0.05) is 90.3 Å². The van der Waals surface area contributed by atoms with E-state index in [2.05, 4.69) is 72.8 Å². The van der Waals surface area contributed by atoms with E-state index in [-0.39, 0.29) is 28.6 Å². The number of rotatable bonds is 4. The summed E-state index contributed by atoms with van der Waals surface area (Å²) in [7, 11) is 0. The second-order valence-electron chi connectivity index (χ2n) is 11.3. The maximum absolute atomic E-state index is 12.3. The molecule has 2 nitrogen and oxygen atoms in total.